The van der Waals surface area contributed by atoms with Gasteiger partial charge in [0.1, 0.15) is 11.8 Å². The number of carbonyl (C=O) groups is 2. The number of nitrogens with one attached hydrogen (secondary N) is 1. The quantitative estimate of drug-likeness (QED) is 0.288. The van der Waals surface area contributed by atoms with Gasteiger partial charge in [-0.05, 0) is 36.8 Å². The predicted molar refractivity (Wildman–Crippen MR) is 128 cm³/mol. The van der Waals surface area contributed by atoms with Crippen LogP contribution in [0.5, 0.6) is 5.75 Å². The number of rotatable bonds is 6. The Balaban J connectivity index is 1.57. The van der Waals surface area contributed by atoms with E-state index in [0.29, 0.717) is 37.7 Å². The molecule has 2 unspecified atom stereocenters. The van der Waals surface area contributed by atoms with Crippen molar-refractivity contribution in [1.29, 1.82) is 0 Å². The number of ether oxygens (including phenoxy) is 2. The smallest absolute Gasteiger partial charge is 0.321 e. The Bertz CT molecular complexity index is 1130. The number of hydrogen-bond donors (Lipinski definition) is 1. The van der Waals surface area contributed by atoms with Gasteiger partial charge < -0.3 is 19.3 Å². The summed E-state index contributed by atoms with van der Waals surface area (Å²) >= 11 is 0. The largest absolute Gasteiger partial charge is 0.497 e. The Hall–Kier alpha value is -4.15. The lowest BCUT2D eigenvalue weighted by Crippen LogP contribution is -2.57. The van der Waals surface area contributed by atoms with Crippen molar-refractivity contribution in [2.45, 2.75) is 13.0 Å². The number of nitro groups is 1. The molecule has 0 aliphatic carbocycles. The van der Waals surface area contributed by atoms with Gasteiger partial charge in [-0.15, -0.1) is 0 Å². The zero-order valence-corrected chi connectivity index (χ0v) is 19.5. The van der Waals surface area contributed by atoms with Gasteiger partial charge in [-0.2, -0.15) is 0 Å². The van der Waals surface area contributed by atoms with Crippen LogP contribution in [-0.2, 0) is 14.3 Å². The number of anilines is 1. The Morgan fingerprint density at radius 2 is 1.83 bits per heavy atom. The number of benzene rings is 2. The second-order valence-corrected chi connectivity index (χ2v) is 8.14. The number of guanidine groups is 1. The van der Waals surface area contributed by atoms with Crippen LogP contribution in [0.1, 0.15) is 18.5 Å². The molecule has 4 rings (SSSR count). The second kappa shape index (κ2) is 10.4. The lowest BCUT2D eigenvalue weighted by Gasteiger charge is -2.39. The lowest BCUT2D eigenvalue weighted by molar-refractivity contribution is -0.384. The fourth-order valence-electron chi connectivity index (χ4n) is 4.26. The number of hydrogen-bond acceptors (Lipinski definition) is 9. The van der Waals surface area contributed by atoms with Crippen molar-refractivity contribution in [2.24, 2.45) is 10.9 Å². The number of aliphatic imine (C=N–C) groups is 1. The summed E-state index contributed by atoms with van der Waals surface area (Å²) in [6.45, 7) is 4.34. The van der Waals surface area contributed by atoms with E-state index in [0.717, 1.165) is 11.4 Å². The Labute approximate surface area is 202 Å². The molecule has 1 fully saturated rings. The van der Waals surface area contributed by atoms with Crippen LogP contribution in [0.3, 0.4) is 0 Å². The van der Waals surface area contributed by atoms with Gasteiger partial charge in [-0.3, -0.25) is 25.0 Å². The van der Waals surface area contributed by atoms with E-state index < -0.39 is 28.8 Å². The molecule has 2 aliphatic heterocycles. The van der Waals surface area contributed by atoms with Crippen LogP contribution in [0.4, 0.5) is 11.4 Å². The van der Waals surface area contributed by atoms with Crippen LogP contribution in [0.25, 0.3) is 0 Å². The SMILES string of the molecule is CCOC(=O)C1C(=O)NC(N2CCN(c3ccc(OC)cc3)CC2)=NC1c1cccc([N+](=O)[O-])c1. The van der Waals surface area contributed by atoms with Gasteiger partial charge >= 0.3 is 5.97 Å². The van der Waals surface area contributed by atoms with E-state index in [1.165, 1.54) is 18.2 Å². The van der Waals surface area contributed by atoms with Crippen LogP contribution < -0.4 is 15.0 Å². The summed E-state index contributed by atoms with van der Waals surface area (Å²) in [5.74, 6) is -1.35. The minimum atomic E-state index is -1.23. The molecule has 11 heteroatoms. The fourth-order valence-corrected chi connectivity index (χ4v) is 4.26. The molecular formula is C24H27N5O6. The zero-order chi connectivity index (χ0) is 24.9. The number of piperazine rings is 1. The molecule has 184 valence electrons. The predicted octanol–water partition coefficient (Wildman–Crippen LogP) is 2.13. The molecular weight excluding hydrogens is 454 g/mol. The van der Waals surface area contributed by atoms with E-state index in [2.05, 4.69) is 15.2 Å². The van der Waals surface area contributed by atoms with E-state index in [1.54, 1.807) is 20.1 Å². The first-order chi connectivity index (χ1) is 16.9. The third kappa shape index (κ3) is 5.18. The number of carbonyl (C=O) groups excluding carboxylic acids is 2. The summed E-state index contributed by atoms with van der Waals surface area (Å²) < 4.78 is 10.3. The normalized spacial score (nSPS) is 20.1. The highest BCUT2D eigenvalue weighted by Crippen LogP contribution is 2.33. The summed E-state index contributed by atoms with van der Waals surface area (Å²) in [5, 5.41) is 14.0. The van der Waals surface area contributed by atoms with Crippen LogP contribution in [0, 0.1) is 16.0 Å². The minimum absolute atomic E-state index is 0.105. The third-order valence-electron chi connectivity index (χ3n) is 6.07. The van der Waals surface area contributed by atoms with Gasteiger partial charge in [0, 0.05) is 44.0 Å². The first-order valence-corrected chi connectivity index (χ1v) is 11.3. The molecule has 1 N–H and O–H groups in total. The van der Waals surface area contributed by atoms with Gasteiger partial charge in [0.2, 0.25) is 11.9 Å². The highest BCUT2D eigenvalue weighted by atomic mass is 16.6. The molecule has 2 heterocycles. The Morgan fingerprint density at radius 3 is 2.46 bits per heavy atom. The van der Waals surface area contributed by atoms with Gasteiger partial charge in [0.25, 0.3) is 5.69 Å². The lowest BCUT2D eigenvalue weighted by atomic mass is 9.91. The number of nitro benzene ring substituents is 1. The van der Waals surface area contributed by atoms with E-state index in [9.17, 15) is 19.7 Å². The molecule has 0 bridgehead atoms. The average Bonchev–Trinajstić information content (AvgIpc) is 2.88. The molecule has 1 saturated heterocycles. The molecule has 1 amide bonds. The maximum Gasteiger partial charge on any atom is 0.321 e. The molecule has 11 nitrogen and oxygen atoms in total. The highest BCUT2D eigenvalue weighted by Gasteiger charge is 2.42. The number of non-ortho nitro benzene ring substituents is 1. The summed E-state index contributed by atoms with van der Waals surface area (Å²) in [6.07, 6.45) is 0. The Kier molecular flexibility index (Phi) is 7.14. The average molecular weight is 482 g/mol. The van der Waals surface area contributed by atoms with Gasteiger partial charge in [0.15, 0.2) is 5.92 Å². The van der Waals surface area contributed by atoms with Gasteiger partial charge in [-0.1, -0.05) is 12.1 Å². The van der Waals surface area contributed by atoms with Gasteiger partial charge in [0.05, 0.1) is 18.6 Å². The van der Waals surface area contributed by atoms with E-state index in [4.69, 9.17) is 9.47 Å². The molecule has 2 aliphatic rings. The standard InChI is InChI=1S/C24H27N5O6/c1-3-35-23(31)20-21(16-5-4-6-18(15-16)29(32)33)25-24(26-22(20)30)28-13-11-27(12-14-28)17-7-9-19(34-2)10-8-17/h4-10,15,20-21H,3,11-14H2,1-2H3,(H,25,26,30). The Morgan fingerprint density at radius 1 is 1.14 bits per heavy atom. The first kappa shape index (κ1) is 24.0. The van der Waals surface area contributed by atoms with Crippen LogP contribution >= 0.6 is 0 Å². The zero-order valence-electron chi connectivity index (χ0n) is 19.5. The highest BCUT2D eigenvalue weighted by molar-refractivity contribution is 6.08. The number of amides is 1. The molecule has 0 saturated carbocycles. The summed E-state index contributed by atoms with van der Waals surface area (Å²) in [5.41, 5.74) is 1.33. The second-order valence-electron chi connectivity index (χ2n) is 8.14. The number of nitrogens with zero attached hydrogens (tertiary/aromatic N) is 4. The molecule has 0 spiro atoms. The molecule has 2 aromatic carbocycles. The summed E-state index contributed by atoms with van der Waals surface area (Å²) in [7, 11) is 1.63. The van der Waals surface area contributed by atoms with Crippen LogP contribution in [0.15, 0.2) is 53.5 Å². The van der Waals surface area contributed by atoms with E-state index in [1.807, 2.05) is 29.2 Å². The third-order valence-corrected chi connectivity index (χ3v) is 6.07. The van der Waals surface area contributed by atoms with Crippen molar-refractivity contribution in [3.05, 3.63) is 64.2 Å². The van der Waals surface area contributed by atoms with Crippen molar-refractivity contribution < 1.29 is 24.0 Å². The fraction of sp³-hybridized carbons (Fsp3) is 0.375. The van der Waals surface area contributed by atoms with Crippen LogP contribution in [0.2, 0.25) is 0 Å². The number of methoxy groups -OCH3 is 1. The topological polar surface area (TPSA) is 127 Å². The molecule has 0 aromatic heterocycles. The van der Waals surface area contributed by atoms with E-state index in [-0.39, 0.29) is 12.3 Å². The van der Waals surface area contributed by atoms with Gasteiger partial charge in [-0.25, -0.2) is 4.99 Å². The monoisotopic (exact) mass is 481 g/mol. The first-order valence-electron chi connectivity index (χ1n) is 11.3. The molecule has 35 heavy (non-hydrogen) atoms. The number of esters is 1. The maximum atomic E-state index is 13.0. The molecule has 2 atom stereocenters. The maximum absolute atomic E-state index is 13.0. The van der Waals surface area contributed by atoms with Crippen molar-refractivity contribution >= 4 is 29.2 Å². The van der Waals surface area contributed by atoms with E-state index >= 15 is 0 Å². The molecule has 2 aromatic rings. The van der Waals surface area contributed by atoms with Crippen molar-refractivity contribution in [1.82, 2.24) is 10.2 Å². The van der Waals surface area contributed by atoms with Crippen LogP contribution in [-0.4, -0.2) is 67.6 Å². The van der Waals surface area contributed by atoms with Crippen molar-refractivity contribution in [3.63, 3.8) is 0 Å². The summed E-state index contributed by atoms with van der Waals surface area (Å²) in [6, 6.07) is 12.7. The van der Waals surface area contributed by atoms with Crippen molar-refractivity contribution in [3.8, 4) is 5.75 Å². The molecule has 0 radical (unpaired) electrons. The minimum Gasteiger partial charge on any atom is -0.497 e. The summed E-state index contributed by atoms with van der Waals surface area (Å²) in [4.78, 5) is 45.3. The van der Waals surface area contributed by atoms with Crippen molar-refractivity contribution in [2.75, 3.05) is 44.8 Å².